The van der Waals surface area contributed by atoms with E-state index in [0.29, 0.717) is 10.9 Å². The molecule has 0 aromatic carbocycles. The van der Waals surface area contributed by atoms with Gasteiger partial charge in [-0.05, 0) is 19.1 Å². The molecule has 1 aromatic rings. The summed E-state index contributed by atoms with van der Waals surface area (Å²) in [5, 5.41) is 0.484. The molecule has 0 amide bonds. The van der Waals surface area contributed by atoms with E-state index in [4.69, 9.17) is 17.3 Å². The molecule has 0 bridgehead atoms. The number of hydrogen-bond donors (Lipinski definition) is 1. The molecule has 0 saturated carbocycles. The topological polar surface area (TPSA) is 38.9 Å². The number of rotatable bonds is 1. The first kappa shape index (κ1) is 8.08. The molecular weight excluding hydrogens is 160 g/mol. The van der Waals surface area contributed by atoms with Gasteiger partial charge in [0.2, 0.25) is 0 Å². The van der Waals surface area contributed by atoms with Crippen molar-refractivity contribution in [2.45, 2.75) is 6.92 Å². The van der Waals surface area contributed by atoms with Gasteiger partial charge >= 0.3 is 0 Å². The highest BCUT2D eigenvalue weighted by Crippen LogP contribution is 2.09. The zero-order valence-corrected chi connectivity index (χ0v) is 6.97. The van der Waals surface area contributed by atoms with E-state index in [0.717, 1.165) is 5.56 Å². The number of halogens is 1. The molecule has 1 heterocycles. The molecule has 0 radical (unpaired) electrons. The summed E-state index contributed by atoms with van der Waals surface area (Å²) in [4.78, 5) is 3.89. The Bertz CT molecular complexity index is 264. The molecule has 0 aliphatic heterocycles. The van der Waals surface area contributed by atoms with E-state index in [1.54, 1.807) is 12.3 Å². The van der Waals surface area contributed by atoms with Crippen molar-refractivity contribution in [2.24, 2.45) is 5.73 Å². The van der Waals surface area contributed by atoms with Crippen LogP contribution in [-0.4, -0.2) is 4.98 Å². The molecule has 58 valence electrons. The summed E-state index contributed by atoms with van der Waals surface area (Å²) in [6.07, 6.45) is 3.47. The van der Waals surface area contributed by atoms with Crippen LogP contribution in [0.25, 0.3) is 5.70 Å². The molecule has 0 unspecified atom stereocenters. The molecule has 0 aliphatic carbocycles. The second-order valence-electron chi connectivity index (χ2n) is 2.11. The third-order valence-electron chi connectivity index (χ3n) is 1.37. The Labute approximate surface area is 70.7 Å². The normalized spacial score (nSPS) is 11.6. The van der Waals surface area contributed by atoms with Crippen LogP contribution in [0.3, 0.4) is 0 Å². The first-order valence-electron chi connectivity index (χ1n) is 3.27. The molecule has 1 aromatic heterocycles. The molecule has 0 spiro atoms. The lowest BCUT2D eigenvalue weighted by Crippen LogP contribution is -1.95. The SMILES string of the molecule is C/C=C(/N)c1ccc(Cl)nc1. The van der Waals surface area contributed by atoms with E-state index in [1.165, 1.54) is 0 Å². The Morgan fingerprint density at radius 3 is 2.82 bits per heavy atom. The standard InChI is InChI=1S/C8H9ClN2/c1-2-7(10)6-3-4-8(9)11-5-6/h2-5H,10H2,1H3/b7-2+. The molecule has 11 heavy (non-hydrogen) atoms. The lowest BCUT2D eigenvalue weighted by molar-refractivity contribution is 1.30. The average molecular weight is 169 g/mol. The largest absolute Gasteiger partial charge is 0.398 e. The van der Waals surface area contributed by atoms with Crippen LogP contribution in [0.1, 0.15) is 12.5 Å². The molecule has 3 heteroatoms. The minimum absolute atomic E-state index is 0.484. The molecule has 0 saturated heterocycles. The van der Waals surface area contributed by atoms with Crippen molar-refractivity contribution in [1.29, 1.82) is 0 Å². The predicted molar refractivity (Wildman–Crippen MR) is 47.1 cm³/mol. The average Bonchev–Trinajstić information content (AvgIpc) is 2.05. The fourth-order valence-electron chi connectivity index (χ4n) is 0.713. The van der Waals surface area contributed by atoms with Crippen LogP contribution in [0.2, 0.25) is 5.15 Å². The second-order valence-corrected chi connectivity index (χ2v) is 2.50. The Balaban J connectivity index is 2.99. The van der Waals surface area contributed by atoms with Gasteiger partial charge in [-0.1, -0.05) is 17.7 Å². The van der Waals surface area contributed by atoms with Crippen molar-refractivity contribution in [3.8, 4) is 0 Å². The van der Waals surface area contributed by atoms with Crippen LogP contribution in [0.4, 0.5) is 0 Å². The smallest absolute Gasteiger partial charge is 0.129 e. The van der Waals surface area contributed by atoms with Crippen molar-refractivity contribution in [3.63, 3.8) is 0 Å². The van der Waals surface area contributed by atoms with Crippen molar-refractivity contribution >= 4 is 17.3 Å². The number of hydrogen-bond acceptors (Lipinski definition) is 2. The summed E-state index contributed by atoms with van der Waals surface area (Å²) in [5.41, 5.74) is 7.24. The number of aromatic nitrogens is 1. The van der Waals surface area contributed by atoms with E-state index in [9.17, 15) is 0 Å². The fraction of sp³-hybridized carbons (Fsp3) is 0.125. The summed E-state index contributed by atoms with van der Waals surface area (Å²) in [5.74, 6) is 0. The van der Waals surface area contributed by atoms with Crippen LogP contribution in [-0.2, 0) is 0 Å². The van der Waals surface area contributed by atoms with Gasteiger partial charge in [-0.2, -0.15) is 0 Å². The van der Waals surface area contributed by atoms with Gasteiger partial charge in [0.05, 0.1) is 0 Å². The minimum Gasteiger partial charge on any atom is -0.398 e. The van der Waals surface area contributed by atoms with Crippen molar-refractivity contribution in [2.75, 3.05) is 0 Å². The summed E-state index contributed by atoms with van der Waals surface area (Å²) >= 11 is 5.59. The zero-order valence-electron chi connectivity index (χ0n) is 6.21. The molecule has 1 rings (SSSR count). The number of allylic oxidation sites excluding steroid dienone is 1. The number of nitrogens with two attached hydrogens (primary N) is 1. The van der Waals surface area contributed by atoms with Crippen LogP contribution in [0.15, 0.2) is 24.4 Å². The van der Waals surface area contributed by atoms with Crippen LogP contribution in [0, 0.1) is 0 Å². The Kier molecular flexibility index (Phi) is 2.49. The van der Waals surface area contributed by atoms with Gasteiger partial charge in [0.1, 0.15) is 5.15 Å². The highest BCUT2D eigenvalue weighted by atomic mass is 35.5. The van der Waals surface area contributed by atoms with Crippen LogP contribution in [0.5, 0.6) is 0 Å². The van der Waals surface area contributed by atoms with E-state index in [-0.39, 0.29) is 0 Å². The van der Waals surface area contributed by atoms with Gasteiger partial charge in [-0.3, -0.25) is 0 Å². The van der Waals surface area contributed by atoms with E-state index in [2.05, 4.69) is 4.98 Å². The van der Waals surface area contributed by atoms with Gasteiger partial charge < -0.3 is 5.73 Å². The number of pyridine rings is 1. The minimum atomic E-state index is 0.484. The third-order valence-corrected chi connectivity index (χ3v) is 1.60. The summed E-state index contributed by atoms with van der Waals surface area (Å²) in [6, 6.07) is 3.55. The summed E-state index contributed by atoms with van der Waals surface area (Å²) in [6.45, 7) is 1.88. The first-order chi connectivity index (χ1) is 5.24. The van der Waals surface area contributed by atoms with E-state index >= 15 is 0 Å². The molecular formula is C8H9ClN2. The molecule has 2 nitrogen and oxygen atoms in total. The highest BCUT2D eigenvalue weighted by Gasteiger charge is 1.94. The predicted octanol–water partition coefficient (Wildman–Crippen LogP) is 2.05. The molecule has 2 N–H and O–H groups in total. The van der Waals surface area contributed by atoms with E-state index in [1.807, 2.05) is 19.1 Å². The summed E-state index contributed by atoms with van der Waals surface area (Å²) in [7, 11) is 0. The Morgan fingerprint density at radius 1 is 1.64 bits per heavy atom. The van der Waals surface area contributed by atoms with Gasteiger partial charge in [0, 0.05) is 17.5 Å². The molecule has 0 aliphatic rings. The maximum absolute atomic E-state index is 5.62. The Morgan fingerprint density at radius 2 is 2.36 bits per heavy atom. The monoisotopic (exact) mass is 168 g/mol. The van der Waals surface area contributed by atoms with Crippen molar-refractivity contribution in [1.82, 2.24) is 4.98 Å². The van der Waals surface area contributed by atoms with Crippen molar-refractivity contribution < 1.29 is 0 Å². The van der Waals surface area contributed by atoms with E-state index < -0.39 is 0 Å². The first-order valence-corrected chi connectivity index (χ1v) is 3.65. The second kappa shape index (κ2) is 3.39. The molecule has 0 atom stereocenters. The lowest BCUT2D eigenvalue weighted by atomic mass is 10.2. The highest BCUT2D eigenvalue weighted by molar-refractivity contribution is 6.29. The third kappa shape index (κ3) is 1.95. The van der Waals surface area contributed by atoms with Crippen molar-refractivity contribution in [3.05, 3.63) is 35.1 Å². The summed E-state index contributed by atoms with van der Waals surface area (Å²) < 4.78 is 0. The Hall–Kier alpha value is -1.02. The van der Waals surface area contributed by atoms with Gasteiger partial charge in [-0.15, -0.1) is 0 Å². The van der Waals surface area contributed by atoms with Crippen LogP contribution < -0.4 is 5.73 Å². The lowest BCUT2D eigenvalue weighted by Gasteiger charge is -1.98. The quantitative estimate of drug-likeness (QED) is 0.652. The van der Waals surface area contributed by atoms with Gasteiger partial charge in [0.15, 0.2) is 0 Å². The van der Waals surface area contributed by atoms with Gasteiger partial charge in [-0.25, -0.2) is 4.98 Å². The van der Waals surface area contributed by atoms with Gasteiger partial charge in [0.25, 0.3) is 0 Å². The fourth-order valence-corrected chi connectivity index (χ4v) is 0.825. The number of nitrogens with zero attached hydrogens (tertiary/aromatic N) is 1. The van der Waals surface area contributed by atoms with Crippen LogP contribution >= 0.6 is 11.6 Å². The molecule has 0 fully saturated rings. The maximum Gasteiger partial charge on any atom is 0.129 e. The maximum atomic E-state index is 5.62. The zero-order chi connectivity index (χ0) is 8.27.